The molecule has 1 aromatic rings. The lowest BCUT2D eigenvalue weighted by Crippen LogP contribution is -2.00. The summed E-state index contributed by atoms with van der Waals surface area (Å²) in [6, 6.07) is 4.07. The standard InChI is InChI=1S/C16H18OS/c1-6-8-14(7-2)18-15-9-11(3)16(13(5)17)12(4)10-15/h6-10H,1-2H2,3-5H3. The fourth-order valence-electron chi connectivity index (χ4n) is 1.93. The fraction of sp³-hybridized carbons (Fsp3) is 0.188. The van der Waals surface area contributed by atoms with Crippen molar-refractivity contribution < 1.29 is 4.79 Å². The average molecular weight is 258 g/mol. The molecule has 0 amide bonds. The number of hydrogen-bond donors (Lipinski definition) is 0. The van der Waals surface area contributed by atoms with Crippen molar-refractivity contribution in [1.29, 1.82) is 0 Å². The zero-order valence-corrected chi connectivity index (χ0v) is 11.9. The predicted molar refractivity (Wildman–Crippen MR) is 80.3 cm³/mol. The first-order chi connectivity index (χ1) is 8.49. The van der Waals surface area contributed by atoms with Gasteiger partial charge in [0.15, 0.2) is 5.78 Å². The molecule has 0 atom stereocenters. The second-order valence-electron chi connectivity index (χ2n) is 4.10. The van der Waals surface area contributed by atoms with Crippen molar-refractivity contribution in [1.82, 2.24) is 0 Å². The number of ketones is 1. The van der Waals surface area contributed by atoms with Gasteiger partial charge in [-0.25, -0.2) is 0 Å². The summed E-state index contributed by atoms with van der Waals surface area (Å²) < 4.78 is 0. The van der Waals surface area contributed by atoms with Gasteiger partial charge in [0, 0.05) is 15.4 Å². The Labute approximate surface area is 113 Å². The zero-order chi connectivity index (χ0) is 13.7. The van der Waals surface area contributed by atoms with E-state index in [1.54, 1.807) is 30.8 Å². The molecule has 0 bridgehead atoms. The molecule has 0 aliphatic heterocycles. The number of rotatable bonds is 5. The molecule has 0 aliphatic carbocycles. The Hall–Kier alpha value is -1.54. The quantitative estimate of drug-likeness (QED) is 0.426. The van der Waals surface area contributed by atoms with E-state index >= 15 is 0 Å². The molecule has 0 spiro atoms. The van der Waals surface area contributed by atoms with Crippen LogP contribution < -0.4 is 0 Å². The predicted octanol–water partition coefficient (Wildman–Crippen LogP) is 4.85. The molecule has 1 rings (SSSR count). The minimum Gasteiger partial charge on any atom is -0.294 e. The molecule has 0 saturated carbocycles. The lowest BCUT2D eigenvalue weighted by atomic mass is 10.0. The molecule has 1 nitrogen and oxygen atoms in total. The van der Waals surface area contributed by atoms with Crippen LogP contribution in [-0.4, -0.2) is 5.78 Å². The number of carbonyl (C=O) groups excluding carboxylic acids is 1. The first kappa shape index (κ1) is 14.5. The van der Waals surface area contributed by atoms with E-state index in [2.05, 4.69) is 13.2 Å². The van der Waals surface area contributed by atoms with E-state index in [-0.39, 0.29) is 5.78 Å². The van der Waals surface area contributed by atoms with Gasteiger partial charge in [-0.3, -0.25) is 4.79 Å². The Bertz CT molecular complexity index is 501. The third-order valence-corrected chi connectivity index (χ3v) is 3.59. The van der Waals surface area contributed by atoms with Crippen LogP contribution in [0.1, 0.15) is 28.4 Å². The number of carbonyl (C=O) groups is 1. The molecular formula is C16H18OS. The highest BCUT2D eigenvalue weighted by Crippen LogP contribution is 2.30. The third kappa shape index (κ3) is 3.47. The zero-order valence-electron chi connectivity index (χ0n) is 11.1. The van der Waals surface area contributed by atoms with Gasteiger partial charge in [-0.1, -0.05) is 37.1 Å². The molecule has 94 valence electrons. The Morgan fingerprint density at radius 1 is 1.22 bits per heavy atom. The normalized spacial score (nSPS) is 11.2. The second-order valence-corrected chi connectivity index (χ2v) is 5.25. The summed E-state index contributed by atoms with van der Waals surface area (Å²) in [5.74, 6) is 0.118. The van der Waals surface area contributed by atoms with Gasteiger partial charge in [0.2, 0.25) is 0 Å². The molecule has 0 saturated heterocycles. The van der Waals surface area contributed by atoms with Gasteiger partial charge in [-0.15, -0.1) is 0 Å². The number of allylic oxidation sites excluding steroid dienone is 3. The number of hydrogen-bond acceptors (Lipinski definition) is 2. The van der Waals surface area contributed by atoms with E-state index in [1.807, 2.05) is 32.1 Å². The van der Waals surface area contributed by atoms with Crippen molar-refractivity contribution in [2.45, 2.75) is 25.7 Å². The maximum Gasteiger partial charge on any atom is 0.160 e. The maximum atomic E-state index is 11.5. The van der Waals surface area contributed by atoms with Gasteiger partial charge < -0.3 is 0 Å². The van der Waals surface area contributed by atoms with Gasteiger partial charge in [0.05, 0.1) is 0 Å². The van der Waals surface area contributed by atoms with Gasteiger partial charge in [-0.05, 0) is 50.1 Å². The van der Waals surface area contributed by atoms with Crippen LogP contribution in [0.15, 0.2) is 53.3 Å². The van der Waals surface area contributed by atoms with Crippen LogP contribution in [0.25, 0.3) is 0 Å². The fourth-order valence-corrected chi connectivity index (χ4v) is 2.93. The van der Waals surface area contributed by atoms with E-state index < -0.39 is 0 Å². The molecule has 2 heteroatoms. The largest absolute Gasteiger partial charge is 0.294 e. The van der Waals surface area contributed by atoms with Gasteiger partial charge in [-0.2, -0.15) is 0 Å². The number of Topliss-reactive ketones (excluding diaryl/α,β-unsaturated/α-hetero) is 1. The van der Waals surface area contributed by atoms with Crippen molar-refractivity contribution in [2.24, 2.45) is 0 Å². The molecular weight excluding hydrogens is 240 g/mol. The molecule has 0 aliphatic rings. The van der Waals surface area contributed by atoms with Crippen LogP contribution in [-0.2, 0) is 0 Å². The third-order valence-electron chi connectivity index (χ3n) is 2.58. The van der Waals surface area contributed by atoms with Crippen LogP contribution in [0.2, 0.25) is 0 Å². The van der Waals surface area contributed by atoms with Crippen molar-refractivity contribution in [3.63, 3.8) is 0 Å². The summed E-state index contributed by atoms with van der Waals surface area (Å²) in [7, 11) is 0. The summed E-state index contributed by atoms with van der Waals surface area (Å²) in [5, 5.41) is 0. The van der Waals surface area contributed by atoms with Crippen LogP contribution in [0, 0.1) is 13.8 Å². The molecule has 0 unspecified atom stereocenters. The van der Waals surface area contributed by atoms with E-state index in [4.69, 9.17) is 0 Å². The highest BCUT2D eigenvalue weighted by Gasteiger charge is 2.09. The Balaban J connectivity index is 3.14. The number of aryl methyl sites for hydroxylation is 2. The highest BCUT2D eigenvalue weighted by atomic mass is 32.2. The summed E-state index contributed by atoms with van der Waals surface area (Å²) in [4.78, 5) is 13.7. The Kier molecular flexibility index (Phi) is 5.17. The van der Waals surface area contributed by atoms with E-state index in [1.165, 1.54) is 0 Å². The average Bonchev–Trinajstić information content (AvgIpc) is 2.26. The summed E-state index contributed by atoms with van der Waals surface area (Å²) in [5.41, 5.74) is 2.87. The molecule has 0 radical (unpaired) electrons. The van der Waals surface area contributed by atoms with Crippen LogP contribution in [0.5, 0.6) is 0 Å². The lowest BCUT2D eigenvalue weighted by molar-refractivity contribution is 0.101. The monoisotopic (exact) mass is 258 g/mol. The summed E-state index contributed by atoms with van der Waals surface area (Å²) in [6.07, 6.45) is 5.46. The summed E-state index contributed by atoms with van der Waals surface area (Å²) >= 11 is 1.62. The van der Waals surface area contributed by atoms with Crippen LogP contribution >= 0.6 is 11.8 Å². The van der Waals surface area contributed by atoms with Crippen molar-refractivity contribution in [3.8, 4) is 0 Å². The first-order valence-electron chi connectivity index (χ1n) is 5.74. The minimum atomic E-state index is 0.118. The van der Waals surface area contributed by atoms with Crippen molar-refractivity contribution in [3.05, 3.63) is 65.1 Å². The second kappa shape index (κ2) is 6.41. The molecule has 0 heterocycles. The van der Waals surface area contributed by atoms with E-state index in [9.17, 15) is 4.79 Å². The SMILES string of the molecule is C=CC=C(C=C)Sc1cc(C)c(C(C)=O)c(C)c1. The lowest BCUT2D eigenvalue weighted by Gasteiger charge is -2.10. The Morgan fingerprint density at radius 2 is 1.78 bits per heavy atom. The number of thioether (sulfide) groups is 1. The van der Waals surface area contributed by atoms with Gasteiger partial charge in [0.25, 0.3) is 0 Å². The molecule has 1 aromatic carbocycles. The molecule has 18 heavy (non-hydrogen) atoms. The van der Waals surface area contributed by atoms with E-state index in [0.717, 1.165) is 26.5 Å². The van der Waals surface area contributed by atoms with Crippen LogP contribution in [0.4, 0.5) is 0 Å². The van der Waals surface area contributed by atoms with Crippen LogP contribution in [0.3, 0.4) is 0 Å². The van der Waals surface area contributed by atoms with E-state index in [0.29, 0.717) is 0 Å². The van der Waals surface area contributed by atoms with Crippen molar-refractivity contribution in [2.75, 3.05) is 0 Å². The first-order valence-corrected chi connectivity index (χ1v) is 6.56. The topological polar surface area (TPSA) is 17.1 Å². The molecule has 0 fully saturated rings. The Morgan fingerprint density at radius 3 is 2.17 bits per heavy atom. The minimum absolute atomic E-state index is 0.118. The number of benzene rings is 1. The highest BCUT2D eigenvalue weighted by molar-refractivity contribution is 8.03. The molecule has 0 N–H and O–H groups in total. The maximum absolute atomic E-state index is 11.5. The van der Waals surface area contributed by atoms with Crippen molar-refractivity contribution >= 4 is 17.5 Å². The van der Waals surface area contributed by atoms with Gasteiger partial charge in [0.1, 0.15) is 0 Å². The molecule has 0 aromatic heterocycles. The van der Waals surface area contributed by atoms with Gasteiger partial charge >= 0.3 is 0 Å². The smallest absolute Gasteiger partial charge is 0.160 e. The summed E-state index contributed by atoms with van der Waals surface area (Å²) in [6.45, 7) is 13.0.